The highest BCUT2D eigenvalue weighted by molar-refractivity contribution is 4.78. The van der Waals surface area contributed by atoms with Crippen molar-refractivity contribution < 1.29 is 4.74 Å². The maximum absolute atomic E-state index is 5.04. The van der Waals surface area contributed by atoms with Gasteiger partial charge in [-0.3, -0.25) is 0 Å². The van der Waals surface area contributed by atoms with Crippen LogP contribution in [0, 0.1) is 0 Å². The molecule has 0 bridgehead atoms. The lowest BCUT2D eigenvalue weighted by atomic mass is 10.0. The molecule has 1 rings (SSSR count). The molecular weight excluding hydrogens is 200 g/mol. The van der Waals surface area contributed by atoms with E-state index in [4.69, 9.17) is 4.74 Å². The van der Waals surface area contributed by atoms with Crippen molar-refractivity contribution in [3.05, 3.63) is 0 Å². The first-order valence-electron chi connectivity index (χ1n) is 6.70. The first-order valence-corrected chi connectivity index (χ1v) is 6.70. The minimum atomic E-state index is 0.711. The van der Waals surface area contributed by atoms with Gasteiger partial charge in [-0.15, -0.1) is 0 Å². The predicted octanol–water partition coefficient (Wildman–Crippen LogP) is 1.88. The highest BCUT2D eigenvalue weighted by Crippen LogP contribution is 2.12. The Kier molecular flexibility index (Phi) is 7.01. The van der Waals surface area contributed by atoms with Gasteiger partial charge in [0, 0.05) is 25.8 Å². The number of likely N-dealkylation sites (tertiary alicyclic amines) is 1. The van der Waals surface area contributed by atoms with Gasteiger partial charge < -0.3 is 15.0 Å². The summed E-state index contributed by atoms with van der Waals surface area (Å²) in [6, 6.07) is 1.46. The van der Waals surface area contributed by atoms with Crippen LogP contribution in [-0.2, 0) is 4.74 Å². The third-order valence-corrected chi connectivity index (χ3v) is 3.47. The van der Waals surface area contributed by atoms with Crippen molar-refractivity contribution in [3.8, 4) is 0 Å². The van der Waals surface area contributed by atoms with Crippen LogP contribution < -0.4 is 5.32 Å². The maximum Gasteiger partial charge on any atom is 0.0462 e. The molecule has 3 nitrogen and oxygen atoms in total. The Morgan fingerprint density at radius 3 is 2.50 bits per heavy atom. The molecule has 3 heteroatoms. The van der Waals surface area contributed by atoms with Crippen LogP contribution in [0.3, 0.4) is 0 Å². The van der Waals surface area contributed by atoms with E-state index in [0.29, 0.717) is 6.04 Å². The molecule has 0 atom stereocenters. The number of ether oxygens (including phenoxy) is 1. The fourth-order valence-corrected chi connectivity index (χ4v) is 2.30. The number of piperidine rings is 1. The number of nitrogens with zero attached hydrogens (tertiary/aromatic N) is 1. The molecule has 0 aromatic carbocycles. The van der Waals surface area contributed by atoms with Crippen molar-refractivity contribution in [1.29, 1.82) is 0 Å². The van der Waals surface area contributed by atoms with Crippen molar-refractivity contribution in [3.63, 3.8) is 0 Å². The third kappa shape index (κ3) is 5.28. The van der Waals surface area contributed by atoms with Crippen LogP contribution in [-0.4, -0.2) is 50.3 Å². The smallest absolute Gasteiger partial charge is 0.0462 e. The SMILES string of the molecule is COCCCCNC1CCN(C(C)C)CC1. The normalized spacial score (nSPS) is 19.5. The van der Waals surface area contributed by atoms with Crippen LogP contribution in [0.2, 0.25) is 0 Å². The zero-order valence-electron chi connectivity index (χ0n) is 11.2. The van der Waals surface area contributed by atoms with E-state index >= 15 is 0 Å². The fourth-order valence-electron chi connectivity index (χ4n) is 2.30. The molecule has 0 unspecified atom stereocenters. The average Bonchev–Trinajstić information content (AvgIpc) is 2.29. The summed E-state index contributed by atoms with van der Waals surface area (Å²) in [6.07, 6.45) is 5.03. The average molecular weight is 228 g/mol. The Morgan fingerprint density at radius 2 is 1.94 bits per heavy atom. The van der Waals surface area contributed by atoms with Gasteiger partial charge in [-0.25, -0.2) is 0 Å². The number of unbranched alkanes of at least 4 members (excludes halogenated alkanes) is 1. The molecule has 1 saturated heterocycles. The van der Waals surface area contributed by atoms with E-state index in [1.54, 1.807) is 7.11 Å². The Balaban J connectivity index is 1.99. The van der Waals surface area contributed by atoms with Gasteiger partial charge in [-0.05, 0) is 59.2 Å². The Bertz CT molecular complexity index is 165. The van der Waals surface area contributed by atoms with Crippen molar-refractivity contribution in [2.45, 2.75) is 51.6 Å². The topological polar surface area (TPSA) is 24.5 Å². The molecular formula is C13H28N2O. The van der Waals surface area contributed by atoms with E-state index in [2.05, 4.69) is 24.1 Å². The molecule has 96 valence electrons. The van der Waals surface area contributed by atoms with E-state index < -0.39 is 0 Å². The molecule has 0 amide bonds. The molecule has 0 aliphatic carbocycles. The Hall–Kier alpha value is -0.120. The molecule has 1 aliphatic rings. The van der Waals surface area contributed by atoms with Gasteiger partial charge in [-0.2, -0.15) is 0 Å². The summed E-state index contributed by atoms with van der Waals surface area (Å²) in [5.74, 6) is 0. The second kappa shape index (κ2) is 8.04. The largest absolute Gasteiger partial charge is 0.385 e. The molecule has 0 spiro atoms. The van der Waals surface area contributed by atoms with E-state index in [9.17, 15) is 0 Å². The van der Waals surface area contributed by atoms with Crippen LogP contribution in [0.1, 0.15) is 39.5 Å². The van der Waals surface area contributed by atoms with E-state index in [0.717, 1.165) is 19.2 Å². The summed E-state index contributed by atoms with van der Waals surface area (Å²) < 4.78 is 5.04. The lowest BCUT2D eigenvalue weighted by Crippen LogP contribution is -2.45. The van der Waals surface area contributed by atoms with Gasteiger partial charge in [0.1, 0.15) is 0 Å². The zero-order chi connectivity index (χ0) is 11.8. The minimum Gasteiger partial charge on any atom is -0.385 e. The summed E-state index contributed by atoms with van der Waals surface area (Å²) in [7, 11) is 1.77. The molecule has 1 aliphatic heterocycles. The van der Waals surface area contributed by atoms with Crippen molar-refractivity contribution in [2.75, 3.05) is 33.4 Å². The second-order valence-electron chi connectivity index (χ2n) is 5.06. The third-order valence-electron chi connectivity index (χ3n) is 3.47. The molecule has 0 radical (unpaired) electrons. The van der Waals surface area contributed by atoms with Gasteiger partial charge in [0.2, 0.25) is 0 Å². The molecule has 1 heterocycles. The molecule has 1 fully saturated rings. The highest BCUT2D eigenvalue weighted by Gasteiger charge is 2.19. The standard InChI is InChI=1S/C13H28N2O/c1-12(2)15-9-6-13(7-10-15)14-8-4-5-11-16-3/h12-14H,4-11H2,1-3H3. The predicted molar refractivity (Wildman–Crippen MR) is 68.8 cm³/mol. The first kappa shape index (κ1) is 13.9. The van der Waals surface area contributed by atoms with Crippen molar-refractivity contribution >= 4 is 0 Å². The van der Waals surface area contributed by atoms with Crippen LogP contribution in [0.15, 0.2) is 0 Å². The Morgan fingerprint density at radius 1 is 1.25 bits per heavy atom. The van der Waals surface area contributed by atoms with Crippen LogP contribution in [0.25, 0.3) is 0 Å². The quantitative estimate of drug-likeness (QED) is 0.673. The maximum atomic E-state index is 5.04. The number of hydrogen-bond acceptors (Lipinski definition) is 3. The number of hydrogen-bond donors (Lipinski definition) is 1. The van der Waals surface area contributed by atoms with Gasteiger partial charge in [-0.1, -0.05) is 0 Å². The highest BCUT2D eigenvalue weighted by atomic mass is 16.5. The van der Waals surface area contributed by atoms with Crippen LogP contribution in [0.5, 0.6) is 0 Å². The Labute approximate surface area is 101 Å². The number of rotatable bonds is 7. The van der Waals surface area contributed by atoms with E-state index in [1.165, 1.54) is 38.8 Å². The molecule has 0 aromatic heterocycles. The summed E-state index contributed by atoms with van der Waals surface area (Å²) >= 11 is 0. The van der Waals surface area contributed by atoms with Gasteiger partial charge in [0.05, 0.1) is 0 Å². The molecule has 0 saturated carbocycles. The van der Waals surface area contributed by atoms with Gasteiger partial charge in [0.25, 0.3) is 0 Å². The second-order valence-corrected chi connectivity index (χ2v) is 5.06. The van der Waals surface area contributed by atoms with Crippen LogP contribution >= 0.6 is 0 Å². The van der Waals surface area contributed by atoms with Gasteiger partial charge >= 0.3 is 0 Å². The van der Waals surface area contributed by atoms with Gasteiger partial charge in [0.15, 0.2) is 0 Å². The van der Waals surface area contributed by atoms with Crippen LogP contribution in [0.4, 0.5) is 0 Å². The number of nitrogens with one attached hydrogen (secondary N) is 1. The van der Waals surface area contributed by atoms with E-state index in [1.807, 2.05) is 0 Å². The first-order chi connectivity index (χ1) is 7.74. The molecule has 1 N–H and O–H groups in total. The fraction of sp³-hybridized carbons (Fsp3) is 1.00. The van der Waals surface area contributed by atoms with Crippen molar-refractivity contribution in [1.82, 2.24) is 10.2 Å². The lowest BCUT2D eigenvalue weighted by molar-refractivity contribution is 0.159. The monoisotopic (exact) mass is 228 g/mol. The summed E-state index contributed by atoms with van der Waals surface area (Å²) in [5.41, 5.74) is 0. The minimum absolute atomic E-state index is 0.711. The number of methoxy groups -OCH3 is 1. The lowest BCUT2D eigenvalue weighted by Gasteiger charge is -2.35. The summed E-state index contributed by atoms with van der Waals surface area (Å²) in [5, 5.41) is 3.66. The summed E-state index contributed by atoms with van der Waals surface area (Å²) in [6.45, 7) is 9.14. The summed E-state index contributed by atoms with van der Waals surface area (Å²) in [4.78, 5) is 2.57. The molecule has 16 heavy (non-hydrogen) atoms. The zero-order valence-corrected chi connectivity index (χ0v) is 11.2. The van der Waals surface area contributed by atoms with Crippen molar-refractivity contribution in [2.24, 2.45) is 0 Å². The van der Waals surface area contributed by atoms with E-state index in [-0.39, 0.29) is 0 Å². The molecule has 0 aromatic rings.